The second kappa shape index (κ2) is 8.04. The first-order valence-corrected chi connectivity index (χ1v) is 11.0. The van der Waals surface area contributed by atoms with E-state index >= 15 is 0 Å². The summed E-state index contributed by atoms with van der Waals surface area (Å²) in [5.41, 5.74) is 2.73. The molecular weight excluding hydrogens is 391 g/mol. The molecule has 4 rings (SSSR count). The molecule has 0 unspecified atom stereocenters. The van der Waals surface area contributed by atoms with Crippen molar-refractivity contribution in [3.05, 3.63) is 77.8 Å². The van der Waals surface area contributed by atoms with Gasteiger partial charge in [0.1, 0.15) is 5.82 Å². The van der Waals surface area contributed by atoms with Crippen LogP contribution >= 0.6 is 0 Å². The third-order valence-corrected chi connectivity index (χ3v) is 7.04. The summed E-state index contributed by atoms with van der Waals surface area (Å²) in [6, 6.07) is 12.4. The molecule has 0 N–H and O–H groups in total. The van der Waals surface area contributed by atoms with Gasteiger partial charge in [0.2, 0.25) is 0 Å². The molecule has 3 aromatic rings. The molecule has 0 amide bonds. The molecule has 0 saturated carbocycles. The Morgan fingerprint density at radius 1 is 1.14 bits per heavy atom. The zero-order valence-electron chi connectivity index (χ0n) is 16.2. The number of nitrogens with zero attached hydrogens (tertiary/aromatic N) is 4. The standard InChI is InChI=1S/C21H23FN4O2S/c1-25-14-21(23-15-25)29(27,28)26-10-8-17(9-11-26)20-7-3-6-19(24-20)13-16-4-2-5-18(22)12-16/h2-7,12,14-15,17H,8-11,13H2,1H3. The number of benzene rings is 1. The maximum Gasteiger partial charge on any atom is 0.262 e. The highest BCUT2D eigenvalue weighted by Crippen LogP contribution is 2.29. The second-order valence-electron chi connectivity index (χ2n) is 7.42. The normalized spacial score (nSPS) is 16.2. The maximum absolute atomic E-state index is 13.4. The Kier molecular flexibility index (Phi) is 5.47. The van der Waals surface area contributed by atoms with Crippen LogP contribution in [0.1, 0.15) is 35.7 Å². The van der Waals surface area contributed by atoms with Crippen molar-refractivity contribution in [1.29, 1.82) is 0 Å². The van der Waals surface area contributed by atoms with Gasteiger partial charge in [-0.25, -0.2) is 17.8 Å². The SMILES string of the molecule is Cn1cnc(S(=O)(=O)N2CCC(c3cccc(Cc4cccc(F)c4)n3)CC2)c1. The van der Waals surface area contributed by atoms with Gasteiger partial charge in [-0.2, -0.15) is 4.31 Å². The highest BCUT2D eigenvalue weighted by Gasteiger charge is 2.31. The Hall–Kier alpha value is -2.58. The van der Waals surface area contributed by atoms with E-state index in [0.29, 0.717) is 32.4 Å². The average Bonchev–Trinajstić information content (AvgIpc) is 3.16. The summed E-state index contributed by atoms with van der Waals surface area (Å²) in [6.07, 6.45) is 5.01. The van der Waals surface area contributed by atoms with E-state index < -0.39 is 10.0 Å². The van der Waals surface area contributed by atoms with Crippen molar-refractivity contribution in [2.75, 3.05) is 13.1 Å². The predicted octanol–water partition coefficient (Wildman–Crippen LogP) is 3.11. The van der Waals surface area contributed by atoms with E-state index in [2.05, 4.69) is 4.98 Å². The third kappa shape index (κ3) is 4.38. The number of imidazole rings is 1. The summed E-state index contributed by atoms with van der Waals surface area (Å²) in [6.45, 7) is 0.888. The summed E-state index contributed by atoms with van der Waals surface area (Å²) >= 11 is 0. The summed E-state index contributed by atoms with van der Waals surface area (Å²) in [5.74, 6) is -0.0437. The third-order valence-electron chi connectivity index (χ3n) is 5.26. The molecule has 0 aliphatic carbocycles. The number of aryl methyl sites for hydroxylation is 1. The van der Waals surface area contributed by atoms with Crippen molar-refractivity contribution in [3.63, 3.8) is 0 Å². The molecule has 0 atom stereocenters. The average molecular weight is 415 g/mol. The number of hydrogen-bond donors (Lipinski definition) is 0. The summed E-state index contributed by atoms with van der Waals surface area (Å²) < 4.78 is 42.0. The molecule has 1 fully saturated rings. The van der Waals surface area contributed by atoms with Crippen molar-refractivity contribution < 1.29 is 12.8 Å². The van der Waals surface area contributed by atoms with Crippen LogP contribution in [0, 0.1) is 5.82 Å². The van der Waals surface area contributed by atoms with Crippen molar-refractivity contribution in [2.45, 2.75) is 30.2 Å². The minimum Gasteiger partial charge on any atom is -0.339 e. The van der Waals surface area contributed by atoms with Gasteiger partial charge in [-0.15, -0.1) is 0 Å². The van der Waals surface area contributed by atoms with E-state index in [9.17, 15) is 12.8 Å². The molecule has 3 heterocycles. The van der Waals surface area contributed by atoms with Crippen LogP contribution < -0.4 is 0 Å². The van der Waals surface area contributed by atoms with Crippen LogP contribution in [-0.2, 0) is 23.5 Å². The van der Waals surface area contributed by atoms with Crippen LogP contribution in [0.2, 0.25) is 0 Å². The first kappa shape index (κ1) is 19.7. The molecule has 1 aromatic carbocycles. The maximum atomic E-state index is 13.4. The van der Waals surface area contributed by atoms with Crippen molar-refractivity contribution in [2.24, 2.45) is 7.05 Å². The lowest BCUT2D eigenvalue weighted by Gasteiger charge is -2.30. The topological polar surface area (TPSA) is 68.1 Å². The first-order valence-electron chi connectivity index (χ1n) is 9.60. The van der Waals surface area contributed by atoms with Gasteiger partial charge in [-0.1, -0.05) is 18.2 Å². The van der Waals surface area contributed by atoms with E-state index in [4.69, 9.17) is 4.98 Å². The monoisotopic (exact) mass is 414 g/mol. The van der Waals surface area contributed by atoms with Gasteiger partial charge < -0.3 is 4.57 Å². The van der Waals surface area contributed by atoms with Gasteiger partial charge in [0, 0.05) is 50.1 Å². The molecule has 152 valence electrons. The largest absolute Gasteiger partial charge is 0.339 e. The Morgan fingerprint density at radius 3 is 2.59 bits per heavy atom. The fourth-order valence-corrected chi connectivity index (χ4v) is 5.16. The van der Waals surface area contributed by atoms with Gasteiger partial charge in [-0.3, -0.25) is 4.98 Å². The van der Waals surface area contributed by atoms with E-state index in [1.807, 2.05) is 24.3 Å². The van der Waals surface area contributed by atoms with Crippen LogP contribution in [0.15, 0.2) is 60.0 Å². The highest BCUT2D eigenvalue weighted by atomic mass is 32.2. The molecule has 0 bridgehead atoms. The number of halogens is 1. The number of sulfonamides is 1. The minimum atomic E-state index is -3.55. The number of rotatable bonds is 5. The Balaban J connectivity index is 1.43. The van der Waals surface area contributed by atoms with Crippen molar-refractivity contribution >= 4 is 10.0 Å². The van der Waals surface area contributed by atoms with Gasteiger partial charge in [0.25, 0.3) is 10.0 Å². The summed E-state index contributed by atoms with van der Waals surface area (Å²) in [7, 11) is -1.80. The molecule has 2 aromatic heterocycles. The Labute approximate surface area is 170 Å². The number of aromatic nitrogens is 3. The van der Waals surface area contributed by atoms with Gasteiger partial charge in [0.05, 0.1) is 6.33 Å². The molecule has 29 heavy (non-hydrogen) atoms. The lowest BCUT2D eigenvalue weighted by molar-refractivity contribution is 0.315. The molecule has 1 aliphatic rings. The first-order chi connectivity index (χ1) is 13.9. The molecule has 0 radical (unpaired) electrons. The van der Waals surface area contributed by atoms with Gasteiger partial charge in [-0.05, 0) is 42.7 Å². The Bertz CT molecular complexity index is 1110. The highest BCUT2D eigenvalue weighted by molar-refractivity contribution is 7.89. The van der Waals surface area contributed by atoms with Crippen molar-refractivity contribution in [3.8, 4) is 0 Å². The second-order valence-corrected chi connectivity index (χ2v) is 9.30. The minimum absolute atomic E-state index is 0.0914. The van der Waals surface area contributed by atoms with Gasteiger partial charge in [0.15, 0.2) is 5.03 Å². The molecular formula is C21H23FN4O2S. The number of pyridine rings is 1. The zero-order chi connectivity index (χ0) is 20.4. The van der Waals surface area contributed by atoms with Crippen LogP contribution in [0.25, 0.3) is 0 Å². The fourth-order valence-electron chi connectivity index (χ4n) is 3.73. The van der Waals surface area contributed by atoms with Crippen molar-refractivity contribution in [1.82, 2.24) is 18.8 Å². The van der Waals surface area contributed by atoms with Crippen LogP contribution in [-0.4, -0.2) is 40.3 Å². The zero-order valence-corrected chi connectivity index (χ0v) is 17.0. The quantitative estimate of drug-likeness (QED) is 0.643. The summed E-state index contributed by atoms with van der Waals surface area (Å²) in [5, 5.41) is 0.0914. The molecule has 6 nitrogen and oxygen atoms in total. The van der Waals surface area contributed by atoms with Gasteiger partial charge >= 0.3 is 0 Å². The van der Waals surface area contributed by atoms with E-state index in [1.165, 1.54) is 29.0 Å². The molecule has 0 spiro atoms. The number of hydrogen-bond acceptors (Lipinski definition) is 4. The van der Waals surface area contributed by atoms with Crippen LogP contribution in [0.4, 0.5) is 4.39 Å². The molecule has 1 aliphatic heterocycles. The van der Waals surface area contributed by atoms with E-state index in [0.717, 1.165) is 17.0 Å². The predicted molar refractivity (Wildman–Crippen MR) is 107 cm³/mol. The number of piperidine rings is 1. The smallest absolute Gasteiger partial charge is 0.262 e. The van der Waals surface area contributed by atoms with Crippen LogP contribution in [0.3, 0.4) is 0 Å². The Morgan fingerprint density at radius 2 is 1.90 bits per heavy atom. The lowest BCUT2D eigenvalue weighted by atomic mass is 9.94. The fraction of sp³-hybridized carbons (Fsp3) is 0.333. The molecule has 8 heteroatoms. The lowest BCUT2D eigenvalue weighted by Crippen LogP contribution is -2.38. The molecule has 1 saturated heterocycles. The van der Waals surface area contributed by atoms with E-state index in [-0.39, 0.29) is 16.8 Å². The summed E-state index contributed by atoms with van der Waals surface area (Å²) in [4.78, 5) is 8.76. The van der Waals surface area contributed by atoms with Crippen LogP contribution in [0.5, 0.6) is 0 Å². The van der Waals surface area contributed by atoms with E-state index in [1.54, 1.807) is 17.7 Å².